The van der Waals surface area contributed by atoms with Crippen LogP contribution in [0, 0.1) is 5.92 Å². The lowest BCUT2D eigenvalue weighted by Gasteiger charge is -2.50. The second kappa shape index (κ2) is 4.20. The maximum absolute atomic E-state index is 12.1. The van der Waals surface area contributed by atoms with Gasteiger partial charge in [-0.2, -0.15) is 4.98 Å². The van der Waals surface area contributed by atoms with Crippen LogP contribution in [0.4, 0.5) is 5.95 Å². The standard InChI is InChI=1S/C13H20N6O2/c1-7(2)13(14)5-19(6-13)11-15-8-9(16-11)17(3)12(21)18(4)10(8)20/h7H,5-6,14H2,1-4H3,(H,15,16). The van der Waals surface area contributed by atoms with Crippen LogP contribution in [-0.4, -0.2) is 37.7 Å². The Hall–Kier alpha value is -2.09. The Morgan fingerprint density at radius 1 is 1.24 bits per heavy atom. The minimum absolute atomic E-state index is 0.226. The number of aromatic amines is 1. The predicted octanol–water partition coefficient (Wildman–Crippen LogP) is -0.866. The first-order chi connectivity index (χ1) is 9.74. The van der Waals surface area contributed by atoms with Gasteiger partial charge in [0.1, 0.15) is 0 Å². The molecule has 1 saturated heterocycles. The summed E-state index contributed by atoms with van der Waals surface area (Å²) in [5.41, 5.74) is 6.01. The molecule has 8 nitrogen and oxygen atoms in total. The minimum atomic E-state index is -0.385. The summed E-state index contributed by atoms with van der Waals surface area (Å²) in [5, 5.41) is 0. The maximum atomic E-state index is 12.1. The van der Waals surface area contributed by atoms with E-state index < -0.39 is 0 Å². The van der Waals surface area contributed by atoms with Crippen molar-refractivity contribution in [3.63, 3.8) is 0 Å². The number of hydrogen-bond acceptors (Lipinski definition) is 5. The van der Waals surface area contributed by atoms with Gasteiger partial charge in [0.25, 0.3) is 5.56 Å². The normalized spacial score (nSPS) is 17.5. The number of anilines is 1. The van der Waals surface area contributed by atoms with E-state index in [2.05, 4.69) is 23.8 Å². The van der Waals surface area contributed by atoms with Gasteiger partial charge in [0.2, 0.25) is 5.95 Å². The Morgan fingerprint density at radius 3 is 2.43 bits per heavy atom. The lowest BCUT2D eigenvalue weighted by molar-refractivity contribution is 0.242. The fraction of sp³-hybridized carbons (Fsp3) is 0.615. The van der Waals surface area contributed by atoms with Crippen LogP contribution in [0.5, 0.6) is 0 Å². The summed E-state index contributed by atoms with van der Waals surface area (Å²) in [5.74, 6) is 0.959. The van der Waals surface area contributed by atoms with E-state index in [1.807, 2.05) is 4.90 Å². The molecule has 1 aliphatic heterocycles. The van der Waals surface area contributed by atoms with E-state index in [0.717, 1.165) is 4.57 Å². The Labute approximate surface area is 121 Å². The summed E-state index contributed by atoms with van der Waals surface area (Å²) in [6, 6.07) is 0. The highest BCUT2D eigenvalue weighted by Crippen LogP contribution is 2.29. The SMILES string of the molecule is CC(C)C1(N)CN(c2nc3c([nH]2)c(=O)n(C)c(=O)n3C)C1. The molecule has 2 aromatic rings. The quantitative estimate of drug-likeness (QED) is 0.749. The number of rotatable bonds is 2. The van der Waals surface area contributed by atoms with E-state index in [4.69, 9.17) is 5.73 Å². The van der Waals surface area contributed by atoms with E-state index in [0.29, 0.717) is 36.1 Å². The second-order valence-corrected chi connectivity index (χ2v) is 6.21. The van der Waals surface area contributed by atoms with Gasteiger partial charge in [-0.05, 0) is 5.92 Å². The summed E-state index contributed by atoms with van der Waals surface area (Å²) >= 11 is 0. The molecule has 0 radical (unpaired) electrons. The Kier molecular flexibility index (Phi) is 2.78. The van der Waals surface area contributed by atoms with Gasteiger partial charge in [0.15, 0.2) is 11.2 Å². The molecule has 0 bridgehead atoms. The van der Waals surface area contributed by atoms with E-state index in [1.54, 1.807) is 7.05 Å². The van der Waals surface area contributed by atoms with Crippen molar-refractivity contribution in [3.8, 4) is 0 Å². The Morgan fingerprint density at radius 2 is 1.86 bits per heavy atom. The number of aromatic nitrogens is 4. The van der Waals surface area contributed by atoms with E-state index in [-0.39, 0.29) is 16.8 Å². The van der Waals surface area contributed by atoms with Gasteiger partial charge in [0.05, 0.1) is 5.54 Å². The Balaban J connectivity index is 2.05. The van der Waals surface area contributed by atoms with Crippen molar-refractivity contribution in [2.24, 2.45) is 25.7 Å². The van der Waals surface area contributed by atoms with E-state index >= 15 is 0 Å². The van der Waals surface area contributed by atoms with Crippen LogP contribution in [0.1, 0.15) is 13.8 Å². The van der Waals surface area contributed by atoms with Gasteiger partial charge >= 0.3 is 5.69 Å². The first kappa shape index (κ1) is 13.9. The van der Waals surface area contributed by atoms with Crippen molar-refractivity contribution in [1.29, 1.82) is 0 Å². The van der Waals surface area contributed by atoms with Crippen LogP contribution in [0.25, 0.3) is 11.2 Å². The van der Waals surface area contributed by atoms with Crippen molar-refractivity contribution in [3.05, 3.63) is 20.8 Å². The van der Waals surface area contributed by atoms with Gasteiger partial charge < -0.3 is 15.6 Å². The van der Waals surface area contributed by atoms with Gasteiger partial charge in [-0.3, -0.25) is 13.9 Å². The fourth-order valence-corrected chi connectivity index (χ4v) is 2.64. The first-order valence-corrected chi connectivity index (χ1v) is 6.94. The summed E-state index contributed by atoms with van der Waals surface area (Å²) in [7, 11) is 3.06. The molecule has 0 atom stereocenters. The van der Waals surface area contributed by atoms with Crippen molar-refractivity contribution in [1.82, 2.24) is 19.1 Å². The van der Waals surface area contributed by atoms with Gasteiger partial charge in [0, 0.05) is 27.2 Å². The van der Waals surface area contributed by atoms with Crippen molar-refractivity contribution >= 4 is 17.1 Å². The van der Waals surface area contributed by atoms with Gasteiger partial charge in [-0.25, -0.2) is 4.79 Å². The third-order valence-corrected chi connectivity index (χ3v) is 4.50. The zero-order valence-corrected chi connectivity index (χ0v) is 12.7. The lowest BCUT2D eigenvalue weighted by atomic mass is 9.80. The molecule has 2 aromatic heterocycles. The van der Waals surface area contributed by atoms with Crippen LogP contribution in [-0.2, 0) is 14.1 Å². The van der Waals surface area contributed by atoms with Crippen LogP contribution in [0.15, 0.2) is 9.59 Å². The molecule has 1 fully saturated rings. The average Bonchev–Trinajstić information content (AvgIpc) is 2.83. The molecule has 21 heavy (non-hydrogen) atoms. The average molecular weight is 292 g/mol. The zero-order chi connectivity index (χ0) is 15.5. The van der Waals surface area contributed by atoms with Gasteiger partial charge in [-0.1, -0.05) is 13.8 Å². The highest BCUT2D eigenvalue weighted by molar-refractivity contribution is 5.73. The lowest BCUT2D eigenvalue weighted by Crippen LogP contribution is -2.70. The van der Waals surface area contributed by atoms with E-state index in [1.165, 1.54) is 11.6 Å². The number of nitrogens with one attached hydrogen (secondary N) is 1. The number of hydrogen-bond donors (Lipinski definition) is 2. The second-order valence-electron chi connectivity index (χ2n) is 6.21. The van der Waals surface area contributed by atoms with Crippen molar-refractivity contribution < 1.29 is 0 Å². The number of aryl methyl sites for hydroxylation is 1. The highest BCUT2D eigenvalue weighted by Gasteiger charge is 2.43. The summed E-state index contributed by atoms with van der Waals surface area (Å²) in [4.78, 5) is 33.4. The summed E-state index contributed by atoms with van der Waals surface area (Å²) < 4.78 is 2.44. The number of imidazole rings is 1. The number of fused-ring (bicyclic) bond motifs is 1. The monoisotopic (exact) mass is 292 g/mol. The zero-order valence-electron chi connectivity index (χ0n) is 12.7. The molecule has 0 aromatic carbocycles. The molecule has 0 saturated carbocycles. The number of nitrogens with two attached hydrogens (primary N) is 1. The molecule has 0 unspecified atom stereocenters. The smallest absolute Gasteiger partial charge is 0.332 e. The topological polar surface area (TPSA) is 102 Å². The van der Waals surface area contributed by atoms with Gasteiger partial charge in [-0.15, -0.1) is 0 Å². The fourth-order valence-electron chi connectivity index (χ4n) is 2.64. The van der Waals surface area contributed by atoms with Crippen molar-refractivity contribution in [2.75, 3.05) is 18.0 Å². The summed E-state index contributed by atoms with van der Waals surface area (Å²) in [6.45, 7) is 5.54. The van der Waals surface area contributed by atoms with Crippen LogP contribution in [0.2, 0.25) is 0 Å². The third kappa shape index (κ3) is 1.82. The number of nitrogens with zero attached hydrogens (tertiary/aromatic N) is 4. The van der Waals surface area contributed by atoms with E-state index in [9.17, 15) is 9.59 Å². The number of H-pyrrole nitrogens is 1. The molecule has 0 aliphatic carbocycles. The molecular formula is C13H20N6O2. The summed E-state index contributed by atoms with van der Waals surface area (Å²) in [6.07, 6.45) is 0. The third-order valence-electron chi connectivity index (χ3n) is 4.50. The van der Waals surface area contributed by atoms with Crippen LogP contribution >= 0.6 is 0 Å². The van der Waals surface area contributed by atoms with Crippen LogP contribution in [0.3, 0.4) is 0 Å². The molecule has 3 heterocycles. The minimum Gasteiger partial charge on any atom is -0.339 e. The Bertz CT molecular complexity index is 822. The molecule has 3 rings (SSSR count). The maximum Gasteiger partial charge on any atom is 0.332 e. The molecule has 0 spiro atoms. The molecule has 3 N–H and O–H groups in total. The first-order valence-electron chi connectivity index (χ1n) is 6.94. The molecule has 1 aliphatic rings. The largest absolute Gasteiger partial charge is 0.339 e. The van der Waals surface area contributed by atoms with Crippen LogP contribution < -0.4 is 21.9 Å². The molecule has 114 valence electrons. The highest BCUT2D eigenvalue weighted by atomic mass is 16.2. The molecular weight excluding hydrogens is 272 g/mol. The molecule has 0 amide bonds. The predicted molar refractivity (Wildman–Crippen MR) is 80.5 cm³/mol. The van der Waals surface area contributed by atoms with Crippen molar-refractivity contribution in [2.45, 2.75) is 19.4 Å². The molecule has 8 heteroatoms.